The second-order valence-electron chi connectivity index (χ2n) is 6.86. The molecule has 0 bridgehead atoms. The van der Waals surface area contributed by atoms with Gasteiger partial charge >= 0.3 is 0 Å². The van der Waals surface area contributed by atoms with Crippen molar-refractivity contribution in [3.05, 3.63) is 52.6 Å². The second kappa shape index (κ2) is 5.93. The zero-order valence-electron chi connectivity index (χ0n) is 13.9. The van der Waals surface area contributed by atoms with E-state index in [1.54, 1.807) is 0 Å². The predicted molar refractivity (Wildman–Crippen MR) is 89.6 cm³/mol. The number of hydrogen-bond acceptors (Lipinski definition) is 4. The molecule has 0 fully saturated rings. The lowest BCUT2D eigenvalue weighted by Crippen LogP contribution is -2.31. The van der Waals surface area contributed by atoms with Gasteiger partial charge in [0.25, 0.3) is 0 Å². The van der Waals surface area contributed by atoms with Crippen LogP contribution in [0.3, 0.4) is 0 Å². The SMILES string of the molecule is CC(C)c1ncc2c(n1)CN(Cc1ccc3c(c1)CCO3)CC2. The standard InChI is InChI=1S/C19H23N3O/c1-13(2)19-20-10-16-5-7-22(12-17(16)21-19)11-14-3-4-18-15(9-14)6-8-23-18/h3-4,9-10,13H,5-8,11-12H2,1-2H3. The smallest absolute Gasteiger partial charge is 0.131 e. The van der Waals surface area contributed by atoms with E-state index in [4.69, 9.17) is 9.72 Å². The molecule has 0 N–H and O–H groups in total. The Labute approximate surface area is 137 Å². The Hall–Kier alpha value is -1.94. The lowest BCUT2D eigenvalue weighted by molar-refractivity contribution is 0.240. The van der Waals surface area contributed by atoms with E-state index in [9.17, 15) is 0 Å². The Morgan fingerprint density at radius 1 is 1.22 bits per heavy atom. The molecule has 2 aromatic rings. The first-order valence-corrected chi connectivity index (χ1v) is 8.50. The van der Waals surface area contributed by atoms with Gasteiger partial charge in [0.15, 0.2) is 0 Å². The van der Waals surface area contributed by atoms with Crippen LogP contribution in [0, 0.1) is 0 Å². The van der Waals surface area contributed by atoms with Crippen LogP contribution in [-0.4, -0.2) is 28.0 Å². The van der Waals surface area contributed by atoms with Crippen LogP contribution < -0.4 is 4.74 Å². The predicted octanol–water partition coefficient (Wildman–Crippen LogP) is 3.09. The van der Waals surface area contributed by atoms with Crippen LogP contribution in [0.4, 0.5) is 0 Å². The third-order valence-electron chi connectivity index (χ3n) is 4.72. The third kappa shape index (κ3) is 2.95. The zero-order chi connectivity index (χ0) is 15.8. The topological polar surface area (TPSA) is 38.2 Å². The Morgan fingerprint density at radius 3 is 3.00 bits per heavy atom. The summed E-state index contributed by atoms with van der Waals surface area (Å²) in [5, 5.41) is 0. The zero-order valence-corrected chi connectivity index (χ0v) is 13.9. The highest BCUT2D eigenvalue weighted by Crippen LogP contribution is 2.27. The molecule has 0 saturated heterocycles. The van der Waals surface area contributed by atoms with E-state index in [0.29, 0.717) is 5.92 Å². The first kappa shape index (κ1) is 14.6. The molecule has 0 spiro atoms. The molecule has 0 unspecified atom stereocenters. The van der Waals surface area contributed by atoms with E-state index in [2.05, 4.69) is 41.9 Å². The summed E-state index contributed by atoms with van der Waals surface area (Å²) in [7, 11) is 0. The molecule has 2 aliphatic heterocycles. The molecule has 1 aromatic heterocycles. The van der Waals surface area contributed by atoms with Gasteiger partial charge in [0.05, 0.1) is 12.3 Å². The first-order chi connectivity index (χ1) is 11.2. The Balaban J connectivity index is 1.50. The molecule has 1 aromatic carbocycles. The molecular weight excluding hydrogens is 286 g/mol. The van der Waals surface area contributed by atoms with E-state index in [-0.39, 0.29) is 0 Å². The summed E-state index contributed by atoms with van der Waals surface area (Å²) in [6.07, 6.45) is 4.11. The third-order valence-corrected chi connectivity index (χ3v) is 4.72. The molecule has 4 heteroatoms. The fourth-order valence-electron chi connectivity index (χ4n) is 3.38. The van der Waals surface area contributed by atoms with Crippen molar-refractivity contribution >= 4 is 0 Å². The maximum Gasteiger partial charge on any atom is 0.131 e. The number of hydrogen-bond donors (Lipinski definition) is 0. The molecule has 120 valence electrons. The van der Waals surface area contributed by atoms with Crippen LogP contribution >= 0.6 is 0 Å². The van der Waals surface area contributed by atoms with Crippen molar-refractivity contribution < 1.29 is 4.74 Å². The van der Waals surface area contributed by atoms with Crippen LogP contribution in [0.25, 0.3) is 0 Å². The highest BCUT2D eigenvalue weighted by atomic mass is 16.5. The fourth-order valence-corrected chi connectivity index (χ4v) is 3.38. The quantitative estimate of drug-likeness (QED) is 0.873. The summed E-state index contributed by atoms with van der Waals surface area (Å²) in [6, 6.07) is 6.62. The number of ether oxygens (including phenoxy) is 1. The lowest BCUT2D eigenvalue weighted by atomic mass is 10.0. The Morgan fingerprint density at radius 2 is 2.13 bits per heavy atom. The van der Waals surface area contributed by atoms with Gasteiger partial charge in [-0.1, -0.05) is 26.0 Å². The highest BCUT2D eigenvalue weighted by molar-refractivity contribution is 5.39. The van der Waals surface area contributed by atoms with Gasteiger partial charge in [-0.25, -0.2) is 9.97 Å². The van der Waals surface area contributed by atoms with Crippen molar-refractivity contribution in [1.82, 2.24) is 14.9 Å². The minimum absolute atomic E-state index is 0.382. The molecule has 0 aliphatic carbocycles. The molecular formula is C19H23N3O. The highest BCUT2D eigenvalue weighted by Gasteiger charge is 2.20. The van der Waals surface area contributed by atoms with Crippen molar-refractivity contribution in [2.24, 2.45) is 0 Å². The monoisotopic (exact) mass is 309 g/mol. The van der Waals surface area contributed by atoms with Crippen LogP contribution in [0.5, 0.6) is 5.75 Å². The number of rotatable bonds is 3. The first-order valence-electron chi connectivity index (χ1n) is 8.50. The van der Waals surface area contributed by atoms with Gasteiger partial charge in [-0.3, -0.25) is 4.90 Å². The van der Waals surface area contributed by atoms with Gasteiger partial charge in [0, 0.05) is 38.2 Å². The molecule has 4 rings (SSSR count). The summed E-state index contributed by atoms with van der Waals surface area (Å²) >= 11 is 0. The molecule has 0 radical (unpaired) electrons. The van der Waals surface area contributed by atoms with Crippen molar-refractivity contribution in [2.45, 2.75) is 45.7 Å². The molecule has 0 atom stereocenters. The van der Waals surface area contributed by atoms with Gasteiger partial charge in [0.2, 0.25) is 0 Å². The fraction of sp³-hybridized carbons (Fsp3) is 0.474. The van der Waals surface area contributed by atoms with Gasteiger partial charge in [-0.15, -0.1) is 0 Å². The summed E-state index contributed by atoms with van der Waals surface area (Å²) in [4.78, 5) is 11.8. The lowest BCUT2D eigenvalue weighted by Gasteiger charge is -2.28. The van der Waals surface area contributed by atoms with Crippen molar-refractivity contribution in [3.8, 4) is 5.75 Å². The number of benzene rings is 1. The van der Waals surface area contributed by atoms with Gasteiger partial charge in [-0.05, 0) is 29.2 Å². The van der Waals surface area contributed by atoms with Crippen LogP contribution in [-0.2, 0) is 25.9 Å². The number of aromatic nitrogens is 2. The largest absolute Gasteiger partial charge is 0.493 e. The molecule has 0 amide bonds. The average molecular weight is 309 g/mol. The van der Waals surface area contributed by atoms with Crippen LogP contribution in [0.15, 0.2) is 24.4 Å². The normalized spacial score (nSPS) is 17.0. The summed E-state index contributed by atoms with van der Waals surface area (Å²) in [6.45, 7) is 8.10. The summed E-state index contributed by atoms with van der Waals surface area (Å²) in [5.74, 6) is 2.40. The second-order valence-corrected chi connectivity index (χ2v) is 6.86. The summed E-state index contributed by atoms with van der Waals surface area (Å²) in [5.41, 5.74) is 5.24. The molecule has 2 aliphatic rings. The number of nitrogens with zero attached hydrogens (tertiary/aromatic N) is 3. The maximum absolute atomic E-state index is 5.59. The van der Waals surface area contributed by atoms with Crippen molar-refractivity contribution in [2.75, 3.05) is 13.2 Å². The van der Waals surface area contributed by atoms with Gasteiger partial charge in [0.1, 0.15) is 11.6 Å². The Bertz CT molecular complexity index is 727. The number of fused-ring (bicyclic) bond motifs is 2. The van der Waals surface area contributed by atoms with E-state index in [1.165, 1.54) is 22.4 Å². The Kier molecular flexibility index (Phi) is 3.77. The average Bonchev–Trinajstić information content (AvgIpc) is 3.02. The van der Waals surface area contributed by atoms with E-state index >= 15 is 0 Å². The minimum Gasteiger partial charge on any atom is -0.493 e. The molecule has 0 saturated carbocycles. The molecule has 3 heterocycles. The van der Waals surface area contributed by atoms with Crippen LogP contribution in [0.2, 0.25) is 0 Å². The molecule has 23 heavy (non-hydrogen) atoms. The van der Waals surface area contributed by atoms with E-state index in [1.807, 2.05) is 6.20 Å². The maximum atomic E-state index is 5.59. The molecule has 4 nitrogen and oxygen atoms in total. The summed E-state index contributed by atoms with van der Waals surface area (Å²) < 4.78 is 5.59. The van der Waals surface area contributed by atoms with Crippen molar-refractivity contribution in [1.29, 1.82) is 0 Å². The van der Waals surface area contributed by atoms with Gasteiger partial charge in [-0.2, -0.15) is 0 Å². The van der Waals surface area contributed by atoms with E-state index in [0.717, 1.165) is 50.7 Å². The minimum atomic E-state index is 0.382. The van der Waals surface area contributed by atoms with Crippen molar-refractivity contribution in [3.63, 3.8) is 0 Å². The van der Waals surface area contributed by atoms with E-state index < -0.39 is 0 Å². The van der Waals surface area contributed by atoms with Crippen LogP contribution in [0.1, 0.15) is 48.0 Å². The van der Waals surface area contributed by atoms with Gasteiger partial charge < -0.3 is 4.74 Å².